The van der Waals surface area contributed by atoms with E-state index in [1.165, 1.54) is 11.9 Å². The number of rotatable bonds is 6. The first-order valence-electron chi connectivity index (χ1n) is 6.46. The SMILES string of the molecule is COc1ncnc(OC)c1CNC(C)c1ccccc1. The molecule has 1 aromatic heterocycles. The van der Waals surface area contributed by atoms with Crippen LogP contribution in [0.5, 0.6) is 11.8 Å². The van der Waals surface area contributed by atoms with Crippen molar-refractivity contribution in [1.82, 2.24) is 15.3 Å². The van der Waals surface area contributed by atoms with Crippen molar-refractivity contribution >= 4 is 0 Å². The highest BCUT2D eigenvalue weighted by Gasteiger charge is 2.14. The van der Waals surface area contributed by atoms with Crippen LogP contribution in [0.3, 0.4) is 0 Å². The van der Waals surface area contributed by atoms with Crippen molar-refractivity contribution < 1.29 is 9.47 Å². The Bertz CT molecular complexity index is 524. The van der Waals surface area contributed by atoms with E-state index in [2.05, 4.69) is 34.3 Å². The number of nitrogens with zero attached hydrogens (tertiary/aromatic N) is 2. The van der Waals surface area contributed by atoms with Crippen LogP contribution in [0, 0.1) is 0 Å². The smallest absolute Gasteiger partial charge is 0.224 e. The van der Waals surface area contributed by atoms with Gasteiger partial charge in [0.1, 0.15) is 6.33 Å². The van der Waals surface area contributed by atoms with Gasteiger partial charge in [0, 0.05) is 12.6 Å². The first kappa shape index (κ1) is 14.3. The molecule has 0 amide bonds. The minimum atomic E-state index is 0.214. The van der Waals surface area contributed by atoms with Crippen LogP contribution in [0.25, 0.3) is 0 Å². The van der Waals surface area contributed by atoms with E-state index in [0.717, 1.165) is 5.56 Å². The molecule has 2 aromatic rings. The molecule has 0 saturated heterocycles. The molecule has 1 heterocycles. The van der Waals surface area contributed by atoms with Crippen molar-refractivity contribution in [3.05, 3.63) is 47.8 Å². The standard InChI is InChI=1S/C15H19N3O2/c1-11(12-7-5-4-6-8-12)16-9-13-14(19-2)17-10-18-15(13)20-3/h4-8,10-11,16H,9H2,1-3H3. The predicted octanol–water partition coefficient (Wildman–Crippen LogP) is 2.34. The Kier molecular flexibility index (Phi) is 4.90. The van der Waals surface area contributed by atoms with Crippen molar-refractivity contribution in [3.63, 3.8) is 0 Å². The van der Waals surface area contributed by atoms with E-state index in [0.29, 0.717) is 18.3 Å². The second-order valence-electron chi connectivity index (χ2n) is 4.38. The molecule has 0 spiro atoms. The number of ether oxygens (including phenoxy) is 2. The molecule has 5 nitrogen and oxygen atoms in total. The molecule has 5 heteroatoms. The summed E-state index contributed by atoms with van der Waals surface area (Å²) in [6, 6.07) is 10.5. The molecule has 20 heavy (non-hydrogen) atoms. The van der Waals surface area contributed by atoms with E-state index in [1.807, 2.05) is 18.2 Å². The highest BCUT2D eigenvalue weighted by Crippen LogP contribution is 2.24. The molecule has 1 aromatic carbocycles. The topological polar surface area (TPSA) is 56.3 Å². The summed E-state index contributed by atoms with van der Waals surface area (Å²) < 4.78 is 10.5. The Labute approximate surface area is 119 Å². The fourth-order valence-corrected chi connectivity index (χ4v) is 2.00. The van der Waals surface area contributed by atoms with Crippen molar-refractivity contribution in [2.75, 3.05) is 14.2 Å². The van der Waals surface area contributed by atoms with Crippen LogP contribution in [0.2, 0.25) is 0 Å². The summed E-state index contributed by atoms with van der Waals surface area (Å²) in [6.45, 7) is 2.68. The summed E-state index contributed by atoms with van der Waals surface area (Å²) in [5.41, 5.74) is 2.04. The fourth-order valence-electron chi connectivity index (χ4n) is 2.00. The van der Waals surface area contributed by atoms with Gasteiger partial charge in [0.05, 0.1) is 19.8 Å². The monoisotopic (exact) mass is 273 g/mol. The van der Waals surface area contributed by atoms with Gasteiger partial charge in [0.2, 0.25) is 11.8 Å². The summed E-state index contributed by atoms with van der Waals surface area (Å²) in [5.74, 6) is 1.06. The maximum atomic E-state index is 5.25. The minimum Gasteiger partial charge on any atom is -0.481 e. The van der Waals surface area contributed by atoms with E-state index in [1.54, 1.807) is 14.2 Å². The van der Waals surface area contributed by atoms with Crippen molar-refractivity contribution in [1.29, 1.82) is 0 Å². The van der Waals surface area contributed by atoms with Crippen LogP contribution in [-0.4, -0.2) is 24.2 Å². The molecule has 0 aliphatic carbocycles. The van der Waals surface area contributed by atoms with E-state index >= 15 is 0 Å². The van der Waals surface area contributed by atoms with Gasteiger partial charge in [-0.2, -0.15) is 0 Å². The van der Waals surface area contributed by atoms with Gasteiger partial charge in [-0.25, -0.2) is 9.97 Å². The molecule has 1 unspecified atom stereocenters. The third-order valence-corrected chi connectivity index (χ3v) is 3.14. The lowest BCUT2D eigenvalue weighted by Gasteiger charge is -2.16. The van der Waals surface area contributed by atoms with Gasteiger partial charge in [0.15, 0.2) is 0 Å². The maximum absolute atomic E-state index is 5.25. The summed E-state index contributed by atoms with van der Waals surface area (Å²) in [6.07, 6.45) is 1.43. The van der Waals surface area contributed by atoms with Crippen LogP contribution in [-0.2, 0) is 6.54 Å². The van der Waals surface area contributed by atoms with Crippen molar-refractivity contribution in [2.45, 2.75) is 19.5 Å². The second-order valence-corrected chi connectivity index (χ2v) is 4.38. The second kappa shape index (κ2) is 6.86. The molecule has 0 saturated carbocycles. The highest BCUT2D eigenvalue weighted by atomic mass is 16.5. The molecule has 0 radical (unpaired) electrons. The van der Waals surface area contributed by atoms with Gasteiger partial charge in [-0.05, 0) is 12.5 Å². The third-order valence-electron chi connectivity index (χ3n) is 3.14. The van der Waals surface area contributed by atoms with Crippen LogP contribution in [0.1, 0.15) is 24.1 Å². The number of benzene rings is 1. The van der Waals surface area contributed by atoms with Crippen LogP contribution in [0.4, 0.5) is 0 Å². The Hall–Kier alpha value is -2.14. The molecule has 1 atom stereocenters. The van der Waals surface area contributed by atoms with Crippen LogP contribution in [0.15, 0.2) is 36.7 Å². The van der Waals surface area contributed by atoms with Crippen molar-refractivity contribution in [3.8, 4) is 11.8 Å². The number of nitrogens with one attached hydrogen (secondary N) is 1. The molecule has 1 N–H and O–H groups in total. The average molecular weight is 273 g/mol. The van der Waals surface area contributed by atoms with E-state index in [9.17, 15) is 0 Å². The molecule has 106 valence electrons. The highest BCUT2D eigenvalue weighted by molar-refractivity contribution is 5.34. The predicted molar refractivity (Wildman–Crippen MR) is 76.8 cm³/mol. The minimum absolute atomic E-state index is 0.214. The third kappa shape index (κ3) is 3.24. The van der Waals surface area contributed by atoms with E-state index in [4.69, 9.17) is 9.47 Å². The normalized spacial score (nSPS) is 11.9. The van der Waals surface area contributed by atoms with Gasteiger partial charge in [-0.1, -0.05) is 30.3 Å². The largest absolute Gasteiger partial charge is 0.481 e. The first-order chi connectivity index (χ1) is 9.76. The molecular formula is C15H19N3O2. The van der Waals surface area contributed by atoms with Crippen LogP contribution < -0.4 is 14.8 Å². The maximum Gasteiger partial charge on any atom is 0.224 e. The Morgan fingerprint density at radius 2 is 1.65 bits per heavy atom. The van der Waals surface area contributed by atoms with Gasteiger partial charge in [0.25, 0.3) is 0 Å². The quantitative estimate of drug-likeness (QED) is 0.875. The molecule has 2 rings (SSSR count). The number of hydrogen-bond donors (Lipinski definition) is 1. The van der Waals surface area contributed by atoms with Crippen molar-refractivity contribution in [2.24, 2.45) is 0 Å². The molecule has 0 fully saturated rings. The zero-order chi connectivity index (χ0) is 14.4. The van der Waals surface area contributed by atoms with E-state index in [-0.39, 0.29) is 6.04 Å². The van der Waals surface area contributed by atoms with E-state index < -0.39 is 0 Å². The molecular weight excluding hydrogens is 254 g/mol. The number of hydrogen-bond acceptors (Lipinski definition) is 5. The van der Waals surface area contributed by atoms with Gasteiger partial charge in [-0.15, -0.1) is 0 Å². The Morgan fingerprint density at radius 3 is 2.20 bits per heavy atom. The lowest BCUT2D eigenvalue weighted by atomic mass is 10.1. The van der Waals surface area contributed by atoms with Gasteiger partial charge < -0.3 is 14.8 Å². The average Bonchev–Trinajstić information content (AvgIpc) is 2.52. The fraction of sp³-hybridized carbons (Fsp3) is 0.333. The number of methoxy groups -OCH3 is 2. The summed E-state index contributed by atoms with van der Waals surface area (Å²) in [7, 11) is 3.18. The lowest BCUT2D eigenvalue weighted by molar-refractivity contribution is 0.357. The Morgan fingerprint density at radius 1 is 1.05 bits per heavy atom. The molecule has 0 aliphatic rings. The number of aromatic nitrogens is 2. The first-order valence-corrected chi connectivity index (χ1v) is 6.46. The summed E-state index contributed by atoms with van der Waals surface area (Å²) >= 11 is 0. The molecule has 0 aliphatic heterocycles. The van der Waals surface area contributed by atoms with Gasteiger partial charge >= 0.3 is 0 Å². The molecule has 0 bridgehead atoms. The lowest BCUT2D eigenvalue weighted by Crippen LogP contribution is -2.19. The summed E-state index contributed by atoms with van der Waals surface area (Å²) in [5, 5.41) is 3.42. The van der Waals surface area contributed by atoms with Crippen LogP contribution >= 0.6 is 0 Å². The zero-order valence-corrected chi connectivity index (χ0v) is 12.0. The zero-order valence-electron chi connectivity index (χ0n) is 12.0. The Balaban J connectivity index is 2.11. The summed E-state index contributed by atoms with van der Waals surface area (Å²) in [4.78, 5) is 8.21. The van der Waals surface area contributed by atoms with Gasteiger partial charge in [-0.3, -0.25) is 0 Å².